The summed E-state index contributed by atoms with van der Waals surface area (Å²) in [7, 11) is 3.56. The highest BCUT2D eigenvalue weighted by Gasteiger charge is 2.34. The van der Waals surface area contributed by atoms with E-state index in [1.165, 1.54) is 0 Å². The molecule has 0 rings (SSSR count). The highest BCUT2D eigenvalue weighted by molar-refractivity contribution is 7.80. The van der Waals surface area contributed by atoms with Crippen LogP contribution in [0.25, 0.3) is 0 Å². The Labute approximate surface area is 145 Å². The summed E-state index contributed by atoms with van der Waals surface area (Å²) in [6.45, 7) is 9.37. The fraction of sp³-hybridized carbons (Fsp3) is 0.812. The zero-order chi connectivity index (χ0) is 18.4. The monoisotopic (exact) mass is 345 g/mol. The number of carbonyl (C=O) groups excluding carboxylic acids is 3. The van der Waals surface area contributed by atoms with Crippen LogP contribution in [-0.2, 0) is 14.4 Å². The molecule has 2 unspecified atom stereocenters. The number of hydrogen-bond acceptors (Lipinski definition) is 5. The Hall–Kier alpha value is -1.08. The fourth-order valence-corrected chi connectivity index (χ4v) is 2.30. The van der Waals surface area contributed by atoms with Crippen LogP contribution in [-0.4, -0.2) is 61.0 Å². The molecule has 0 aromatic carbocycles. The van der Waals surface area contributed by atoms with Crippen molar-refractivity contribution in [3.8, 4) is 0 Å². The number of ketones is 1. The predicted octanol–water partition coefficient (Wildman–Crippen LogP) is 0.719. The molecule has 0 aliphatic heterocycles. The van der Waals surface area contributed by atoms with Crippen LogP contribution in [0.2, 0.25) is 0 Å². The second-order valence-corrected chi connectivity index (χ2v) is 7.77. The van der Waals surface area contributed by atoms with Crippen molar-refractivity contribution in [2.24, 2.45) is 11.3 Å². The smallest absolute Gasteiger partial charge is 0.243 e. The lowest BCUT2D eigenvalue weighted by Crippen LogP contribution is -2.58. The maximum Gasteiger partial charge on any atom is 0.243 e. The summed E-state index contributed by atoms with van der Waals surface area (Å²) in [5.41, 5.74) is -0.478. The van der Waals surface area contributed by atoms with Crippen LogP contribution < -0.4 is 10.6 Å². The third-order valence-corrected chi connectivity index (χ3v) is 3.67. The quantitative estimate of drug-likeness (QED) is 0.567. The largest absolute Gasteiger partial charge is 0.344 e. The van der Waals surface area contributed by atoms with E-state index in [0.717, 1.165) is 0 Å². The van der Waals surface area contributed by atoms with Gasteiger partial charge < -0.3 is 15.5 Å². The van der Waals surface area contributed by atoms with Gasteiger partial charge in [0.25, 0.3) is 0 Å². The number of carbonyl (C=O) groups is 3. The van der Waals surface area contributed by atoms with Crippen molar-refractivity contribution >= 4 is 30.2 Å². The van der Waals surface area contributed by atoms with Gasteiger partial charge in [0, 0.05) is 11.7 Å². The molecule has 2 amide bonds. The molecule has 0 bridgehead atoms. The SMILES string of the molecule is CC(C)C(=O)C(CS)NC(=O)C(NC(=O)CN(C)C)C(C)(C)C. The average molecular weight is 346 g/mol. The second-order valence-electron chi connectivity index (χ2n) is 7.41. The summed E-state index contributed by atoms with van der Waals surface area (Å²) in [6, 6.07) is -1.38. The van der Waals surface area contributed by atoms with Gasteiger partial charge in [0.1, 0.15) is 6.04 Å². The van der Waals surface area contributed by atoms with E-state index in [9.17, 15) is 14.4 Å². The number of nitrogens with zero attached hydrogens (tertiary/aromatic N) is 1. The lowest BCUT2D eigenvalue weighted by molar-refractivity contribution is -0.134. The summed E-state index contributed by atoms with van der Waals surface area (Å²) in [5, 5.41) is 5.48. The molecule has 0 spiro atoms. The maximum absolute atomic E-state index is 12.6. The topological polar surface area (TPSA) is 78.5 Å². The summed E-state index contributed by atoms with van der Waals surface area (Å²) in [5.74, 6) is -0.629. The first-order chi connectivity index (χ1) is 10.4. The van der Waals surface area contributed by atoms with Gasteiger partial charge >= 0.3 is 0 Å². The van der Waals surface area contributed by atoms with Crippen LogP contribution in [0.15, 0.2) is 0 Å². The van der Waals surface area contributed by atoms with E-state index >= 15 is 0 Å². The summed E-state index contributed by atoms with van der Waals surface area (Å²) < 4.78 is 0. The molecule has 0 saturated heterocycles. The minimum absolute atomic E-state index is 0.0689. The Morgan fingerprint density at radius 1 is 1.09 bits per heavy atom. The molecule has 0 heterocycles. The van der Waals surface area contributed by atoms with Gasteiger partial charge in [0.15, 0.2) is 5.78 Å². The fourth-order valence-electron chi connectivity index (χ4n) is 2.03. The van der Waals surface area contributed by atoms with E-state index in [1.54, 1.807) is 32.8 Å². The standard InChI is InChI=1S/C16H31N3O3S/c1-10(2)13(21)11(9-23)17-15(22)14(16(3,4)5)18-12(20)8-19(6)7/h10-11,14,23H,8-9H2,1-7H3,(H,17,22)(H,18,20). The highest BCUT2D eigenvalue weighted by atomic mass is 32.1. The van der Waals surface area contributed by atoms with Gasteiger partial charge in [0.2, 0.25) is 11.8 Å². The Morgan fingerprint density at radius 2 is 1.61 bits per heavy atom. The van der Waals surface area contributed by atoms with Crippen molar-refractivity contribution in [2.45, 2.75) is 46.7 Å². The summed E-state index contributed by atoms with van der Waals surface area (Å²) in [4.78, 5) is 38.4. The van der Waals surface area contributed by atoms with Crippen molar-refractivity contribution in [2.75, 3.05) is 26.4 Å². The maximum atomic E-state index is 12.6. The molecule has 0 aromatic rings. The van der Waals surface area contributed by atoms with Crippen molar-refractivity contribution in [1.82, 2.24) is 15.5 Å². The predicted molar refractivity (Wildman–Crippen MR) is 95.6 cm³/mol. The first-order valence-corrected chi connectivity index (χ1v) is 8.42. The molecule has 0 aliphatic carbocycles. The van der Waals surface area contributed by atoms with Crippen LogP contribution in [0.4, 0.5) is 0 Å². The zero-order valence-electron chi connectivity index (χ0n) is 15.3. The first-order valence-electron chi connectivity index (χ1n) is 7.79. The molecule has 2 atom stereocenters. The van der Waals surface area contributed by atoms with Gasteiger partial charge in [-0.05, 0) is 19.5 Å². The molecule has 0 aliphatic rings. The lowest BCUT2D eigenvalue weighted by Gasteiger charge is -2.32. The van der Waals surface area contributed by atoms with Gasteiger partial charge in [-0.1, -0.05) is 34.6 Å². The molecule has 0 radical (unpaired) electrons. The Balaban J connectivity index is 5.08. The minimum Gasteiger partial charge on any atom is -0.344 e. The number of nitrogens with one attached hydrogen (secondary N) is 2. The molecule has 7 heteroatoms. The van der Waals surface area contributed by atoms with Gasteiger partial charge in [-0.3, -0.25) is 14.4 Å². The summed E-state index contributed by atoms with van der Waals surface area (Å²) in [6.07, 6.45) is 0. The van der Waals surface area contributed by atoms with Crippen molar-refractivity contribution in [3.05, 3.63) is 0 Å². The van der Waals surface area contributed by atoms with E-state index in [4.69, 9.17) is 0 Å². The lowest BCUT2D eigenvalue weighted by atomic mass is 9.85. The highest BCUT2D eigenvalue weighted by Crippen LogP contribution is 2.20. The van der Waals surface area contributed by atoms with Crippen LogP contribution in [0, 0.1) is 11.3 Å². The van der Waals surface area contributed by atoms with E-state index in [-0.39, 0.29) is 35.8 Å². The Bertz CT molecular complexity index is 431. The van der Waals surface area contributed by atoms with Gasteiger partial charge in [-0.25, -0.2) is 0 Å². The Kier molecular flexibility index (Phi) is 8.84. The van der Waals surface area contributed by atoms with Crippen LogP contribution in [0.3, 0.4) is 0 Å². The van der Waals surface area contributed by atoms with Gasteiger partial charge in [-0.15, -0.1) is 0 Å². The van der Waals surface area contributed by atoms with Crippen LogP contribution in [0.1, 0.15) is 34.6 Å². The van der Waals surface area contributed by atoms with E-state index in [0.29, 0.717) is 0 Å². The van der Waals surface area contributed by atoms with Gasteiger partial charge in [-0.2, -0.15) is 12.6 Å². The van der Waals surface area contributed by atoms with Crippen molar-refractivity contribution in [3.63, 3.8) is 0 Å². The number of hydrogen-bond donors (Lipinski definition) is 3. The van der Waals surface area contributed by atoms with E-state index < -0.39 is 17.5 Å². The third-order valence-electron chi connectivity index (χ3n) is 3.30. The molecule has 6 nitrogen and oxygen atoms in total. The van der Waals surface area contributed by atoms with Crippen LogP contribution in [0.5, 0.6) is 0 Å². The molecular formula is C16H31N3O3S. The number of Topliss-reactive ketones (excluding diaryl/α,β-unsaturated/α-hetero) is 1. The normalized spacial score (nSPS) is 14.5. The second kappa shape index (κ2) is 9.27. The number of rotatable bonds is 8. The molecule has 23 heavy (non-hydrogen) atoms. The molecule has 134 valence electrons. The molecule has 0 aromatic heterocycles. The molecule has 0 saturated carbocycles. The number of amides is 2. The van der Waals surface area contributed by atoms with Crippen molar-refractivity contribution in [1.29, 1.82) is 0 Å². The minimum atomic E-state index is -0.725. The Morgan fingerprint density at radius 3 is 1.96 bits per heavy atom. The number of likely N-dealkylation sites (N-methyl/N-ethyl adjacent to an activating group) is 1. The summed E-state index contributed by atoms with van der Waals surface area (Å²) >= 11 is 4.15. The molecule has 0 fully saturated rings. The van der Waals surface area contributed by atoms with E-state index in [1.807, 2.05) is 20.8 Å². The van der Waals surface area contributed by atoms with Gasteiger partial charge in [0.05, 0.1) is 12.6 Å². The first kappa shape index (κ1) is 21.9. The molecular weight excluding hydrogens is 314 g/mol. The molecule has 2 N–H and O–H groups in total. The number of thiol groups is 1. The van der Waals surface area contributed by atoms with E-state index in [2.05, 4.69) is 23.3 Å². The average Bonchev–Trinajstić information content (AvgIpc) is 2.38. The zero-order valence-corrected chi connectivity index (χ0v) is 16.2. The third kappa shape index (κ3) is 7.83. The van der Waals surface area contributed by atoms with Crippen molar-refractivity contribution < 1.29 is 14.4 Å². The van der Waals surface area contributed by atoms with Crippen LogP contribution >= 0.6 is 12.6 Å².